The molecule has 0 unspecified atom stereocenters. The van der Waals surface area contributed by atoms with Crippen LogP contribution in [0.15, 0.2) is 36.4 Å². The predicted octanol–water partition coefficient (Wildman–Crippen LogP) is 2.20. The summed E-state index contributed by atoms with van der Waals surface area (Å²) in [6.45, 7) is 0. The average molecular weight is 217 g/mol. The fraction of sp³-hybridized carbons (Fsp3) is 0. The van der Waals surface area contributed by atoms with E-state index >= 15 is 0 Å². The van der Waals surface area contributed by atoms with Crippen LogP contribution in [0.3, 0.4) is 0 Å². The Morgan fingerprint density at radius 1 is 1.25 bits per heavy atom. The zero-order valence-electron chi connectivity index (χ0n) is 8.24. The Morgan fingerprint density at radius 2 is 2.06 bits per heavy atom. The summed E-state index contributed by atoms with van der Waals surface area (Å²) >= 11 is 0. The Balaban J connectivity index is 2.35. The van der Waals surface area contributed by atoms with Gasteiger partial charge in [-0.15, -0.1) is 0 Å². The van der Waals surface area contributed by atoms with Gasteiger partial charge in [0.1, 0.15) is 5.82 Å². The van der Waals surface area contributed by atoms with Gasteiger partial charge in [-0.05, 0) is 24.3 Å². The van der Waals surface area contributed by atoms with E-state index in [0.717, 1.165) is 6.07 Å². The molecular weight excluding hydrogens is 209 g/mol. The molecule has 4 heteroatoms. The third-order valence-electron chi connectivity index (χ3n) is 2.17. The van der Waals surface area contributed by atoms with Gasteiger partial charge in [0.05, 0.1) is 11.4 Å². The molecule has 0 aliphatic carbocycles. The number of carbonyl (C=O) groups excluding carboxylic acids is 2. The van der Waals surface area contributed by atoms with Crippen LogP contribution in [0.2, 0.25) is 0 Å². The van der Waals surface area contributed by atoms with Gasteiger partial charge in [-0.25, -0.2) is 4.39 Å². The number of aromatic amines is 1. The van der Waals surface area contributed by atoms with Crippen molar-refractivity contribution in [3.63, 3.8) is 0 Å². The van der Waals surface area contributed by atoms with Crippen LogP contribution < -0.4 is 0 Å². The summed E-state index contributed by atoms with van der Waals surface area (Å²) in [5.74, 6) is -0.805. The van der Waals surface area contributed by atoms with E-state index in [1.54, 1.807) is 0 Å². The van der Waals surface area contributed by atoms with E-state index < -0.39 is 5.82 Å². The van der Waals surface area contributed by atoms with Crippen LogP contribution in [-0.2, 0) is 0 Å². The van der Waals surface area contributed by atoms with Gasteiger partial charge in [-0.1, -0.05) is 12.1 Å². The number of carbonyl (C=O) groups is 2. The maximum absolute atomic E-state index is 12.9. The van der Waals surface area contributed by atoms with Crippen LogP contribution in [0.4, 0.5) is 4.39 Å². The Labute approximate surface area is 90.9 Å². The summed E-state index contributed by atoms with van der Waals surface area (Å²) in [6.07, 6.45) is 0.613. The van der Waals surface area contributed by atoms with Crippen LogP contribution in [0, 0.1) is 5.82 Å². The van der Waals surface area contributed by atoms with Crippen LogP contribution in [0.25, 0.3) is 0 Å². The van der Waals surface area contributed by atoms with Crippen LogP contribution >= 0.6 is 0 Å². The lowest BCUT2D eigenvalue weighted by Gasteiger charge is -1.98. The van der Waals surface area contributed by atoms with Gasteiger partial charge in [-0.2, -0.15) is 0 Å². The third kappa shape index (κ3) is 1.91. The van der Waals surface area contributed by atoms with Gasteiger partial charge >= 0.3 is 0 Å². The summed E-state index contributed by atoms with van der Waals surface area (Å²) in [6, 6.07) is 8.40. The number of aromatic nitrogens is 1. The first kappa shape index (κ1) is 10.3. The molecular formula is C12H8FNO2. The second kappa shape index (κ2) is 4.10. The summed E-state index contributed by atoms with van der Waals surface area (Å²) in [5.41, 5.74) is 0.840. The highest BCUT2D eigenvalue weighted by molar-refractivity contribution is 6.08. The van der Waals surface area contributed by atoms with Gasteiger partial charge in [0.15, 0.2) is 6.29 Å². The molecule has 2 rings (SSSR count). The van der Waals surface area contributed by atoms with Crippen LogP contribution in [0.1, 0.15) is 26.5 Å². The fourth-order valence-electron chi connectivity index (χ4n) is 1.40. The molecule has 0 atom stereocenters. The third-order valence-corrected chi connectivity index (χ3v) is 2.17. The predicted molar refractivity (Wildman–Crippen MR) is 56.0 cm³/mol. The van der Waals surface area contributed by atoms with Crippen LogP contribution in [-0.4, -0.2) is 17.1 Å². The highest BCUT2D eigenvalue weighted by Gasteiger charge is 2.11. The first-order valence-electron chi connectivity index (χ1n) is 4.65. The van der Waals surface area contributed by atoms with Crippen molar-refractivity contribution in [3.05, 3.63) is 59.2 Å². The number of nitrogens with one attached hydrogen (secondary N) is 1. The van der Waals surface area contributed by atoms with Crippen molar-refractivity contribution in [1.82, 2.24) is 4.98 Å². The highest BCUT2D eigenvalue weighted by Crippen LogP contribution is 2.10. The summed E-state index contributed by atoms with van der Waals surface area (Å²) in [7, 11) is 0. The lowest BCUT2D eigenvalue weighted by Crippen LogP contribution is -2.02. The lowest BCUT2D eigenvalue weighted by atomic mass is 10.1. The molecule has 0 amide bonds. The molecule has 0 aliphatic rings. The topological polar surface area (TPSA) is 49.9 Å². The monoisotopic (exact) mass is 217 g/mol. The molecule has 0 fully saturated rings. The highest BCUT2D eigenvalue weighted by atomic mass is 19.1. The second-order valence-electron chi connectivity index (χ2n) is 3.28. The Kier molecular flexibility index (Phi) is 2.64. The minimum atomic E-state index is -0.465. The number of benzene rings is 1. The van der Waals surface area contributed by atoms with E-state index in [2.05, 4.69) is 4.98 Å². The Morgan fingerprint density at radius 3 is 2.69 bits per heavy atom. The molecule has 0 saturated heterocycles. The first-order valence-corrected chi connectivity index (χ1v) is 4.65. The van der Waals surface area contributed by atoms with E-state index in [-0.39, 0.29) is 17.0 Å². The first-order chi connectivity index (χ1) is 7.70. The van der Waals surface area contributed by atoms with Crippen molar-refractivity contribution in [1.29, 1.82) is 0 Å². The maximum atomic E-state index is 12.9. The van der Waals surface area contributed by atoms with E-state index in [4.69, 9.17) is 0 Å². The number of rotatable bonds is 3. The molecule has 1 N–H and O–H groups in total. The minimum Gasteiger partial charge on any atom is -0.350 e. The molecule has 1 heterocycles. The van der Waals surface area contributed by atoms with E-state index in [0.29, 0.717) is 12.0 Å². The number of hydrogen-bond acceptors (Lipinski definition) is 2. The van der Waals surface area contributed by atoms with Gasteiger partial charge in [0, 0.05) is 5.56 Å². The normalized spacial score (nSPS) is 10.1. The zero-order chi connectivity index (χ0) is 11.5. The molecule has 0 aliphatic heterocycles. The van der Waals surface area contributed by atoms with E-state index in [9.17, 15) is 14.0 Å². The summed E-state index contributed by atoms with van der Waals surface area (Å²) < 4.78 is 12.9. The van der Waals surface area contributed by atoms with Crippen molar-refractivity contribution in [2.75, 3.05) is 0 Å². The van der Waals surface area contributed by atoms with E-state index in [1.807, 2.05) is 0 Å². The SMILES string of the molecule is O=Cc1ccc(C(=O)c2cccc(F)c2)[nH]1. The van der Waals surface area contributed by atoms with Crippen LogP contribution in [0.5, 0.6) is 0 Å². The minimum absolute atomic E-state index is 0.249. The molecule has 0 saturated carbocycles. The second-order valence-corrected chi connectivity index (χ2v) is 3.28. The molecule has 80 valence electrons. The van der Waals surface area contributed by atoms with Gasteiger partial charge in [0.25, 0.3) is 0 Å². The Hall–Kier alpha value is -2.23. The molecule has 2 aromatic rings. The van der Waals surface area contributed by atoms with Crippen molar-refractivity contribution < 1.29 is 14.0 Å². The molecule has 3 nitrogen and oxygen atoms in total. The molecule has 0 bridgehead atoms. The van der Waals surface area contributed by atoms with Gasteiger partial charge in [-0.3, -0.25) is 9.59 Å². The van der Waals surface area contributed by atoms with E-state index in [1.165, 1.54) is 30.3 Å². The standard InChI is InChI=1S/C12H8FNO2/c13-9-3-1-2-8(6-9)12(16)11-5-4-10(7-15)14-11/h1-7,14H. The number of ketones is 1. The van der Waals surface area contributed by atoms with Gasteiger partial charge in [0.2, 0.25) is 5.78 Å². The van der Waals surface area contributed by atoms with Crippen molar-refractivity contribution in [2.45, 2.75) is 0 Å². The summed E-state index contributed by atoms with van der Waals surface area (Å²) in [5, 5.41) is 0. The largest absolute Gasteiger partial charge is 0.350 e. The molecule has 0 radical (unpaired) electrons. The van der Waals surface area contributed by atoms with Crippen molar-refractivity contribution in [2.24, 2.45) is 0 Å². The number of H-pyrrole nitrogens is 1. The molecule has 0 spiro atoms. The zero-order valence-corrected chi connectivity index (χ0v) is 8.24. The molecule has 1 aromatic heterocycles. The lowest BCUT2D eigenvalue weighted by molar-refractivity contribution is 0.103. The Bertz CT molecular complexity index is 545. The van der Waals surface area contributed by atoms with Crippen molar-refractivity contribution >= 4 is 12.1 Å². The number of halogens is 1. The van der Waals surface area contributed by atoms with Crippen molar-refractivity contribution in [3.8, 4) is 0 Å². The smallest absolute Gasteiger partial charge is 0.209 e. The maximum Gasteiger partial charge on any atom is 0.209 e. The summed E-state index contributed by atoms with van der Waals surface area (Å²) in [4.78, 5) is 24.9. The quantitative estimate of drug-likeness (QED) is 0.632. The average Bonchev–Trinajstić information content (AvgIpc) is 2.76. The molecule has 1 aromatic carbocycles. The van der Waals surface area contributed by atoms with Gasteiger partial charge < -0.3 is 4.98 Å². The number of hydrogen-bond donors (Lipinski definition) is 1. The number of aldehydes is 1. The fourth-order valence-corrected chi connectivity index (χ4v) is 1.40. The molecule has 16 heavy (non-hydrogen) atoms.